The molecule has 1 aromatic carbocycles. The van der Waals surface area contributed by atoms with Crippen LogP contribution in [-0.2, 0) is 15.1 Å². The molecule has 0 saturated carbocycles. The number of H-pyrrole nitrogens is 1. The van der Waals surface area contributed by atoms with E-state index in [0.717, 1.165) is 24.0 Å². The van der Waals surface area contributed by atoms with Gasteiger partial charge < -0.3 is 10.1 Å². The Hall–Kier alpha value is -1.14. The number of azo groups is 1. The van der Waals surface area contributed by atoms with Crippen LogP contribution in [0.5, 0.6) is 5.88 Å². The standard InChI is InChI=1S/C15H18N4OS.ClH.Cu/c20-14-13(11-7-3-4-8-12(11)16-14)17-18-15(21)19-9-5-1-2-6-10-19;;/h3-4,7-8,16,20H,1-2,5-6,9-10H2;1H;/q;;+2. The zero-order valence-electron chi connectivity index (χ0n) is 12.5. The van der Waals surface area contributed by atoms with Crippen LogP contribution in [-0.4, -0.2) is 33.2 Å². The normalized spacial score (nSPS) is 15.3. The fraction of sp³-hybridized carbons (Fsp3) is 0.400. The summed E-state index contributed by atoms with van der Waals surface area (Å²) in [7, 11) is 4.20. The van der Waals surface area contributed by atoms with Crippen molar-refractivity contribution in [1.29, 1.82) is 0 Å². The average molecular weight is 402 g/mol. The number of fused-ring (bicyclic) bond motifs is 1. The number of aromatic nitrogens is 1. The monoisotopic (exact) mass is 401 g/mol. The number of hydrogen-bond donors (Lipinski definition) is 3. The van der Waals surface area contributed by atoms with Crippen molar-refractivity contribution in [3.8, 4) is 5.88 Å². The molecule has 3 rings (SSSR count). The summed E-state index contributed by atoms with van der Waals surface area (Å²) in [6, 6.07) is 7.65. The zero-order valence-corrected chi connectivity index (χ0v) is 15.0. The molecule has 0 radical (unpaired) electrons. The molecule has 3 N–H and O–H groups in total. The van der Waals surface area contributed by atoms with Crippen LogP contribution in [0.1, 0.15) is 25.7 Å². The molecule has 1 aromatic heterocycles. The minimum atomic E-state index is 0.0577. The first-order valence-corrected chi connectivity index (χ1v) is 9.13. The Morgan fingerprint density at radius 1 is 1.22 bits per heavy atom. The second-order valence-corrected chi connectivity index (χ2v) is 5.68. The molecule has 0 spiro atoms. The molecule has 1 aliphatic rings. The van der Waals surface area contributed by atoms with Gasteiger partial charge in [-0.1, -0.05) is 23.3 Å². The molecular weight excluding hydrogens is 383 g/mol. The van der Waals surface area contributed by atoms with Crippen molar-refractivity contribution in [1.82, 2.24) is 9.88 Å². The number of nitrogens with zero attached hydrogens (tertiary/aromatic N) is 2. The number of benzene rings is 1. The van der Waals surface area contributed by atoms with E-state index in [4.69, 9.17) is 12.2 Å². The second-order valence-electron chi connectivity index (χ2n) is 5.30. The van der Waals surface area contributed by atoms with Gasteiger partial charge in [-0.15, -0.1) is 5.11 Å². The zero-order chi connectivity index (χ0) is 16.7. The summed E-state index contributed by atoms with van der Waals surface area (Å²) in [6.07, 6.45) is 4.86. The van der Waals surface area contributed by atoms with Gasteiger partial charge in [-0.3, -0.25) is 4.90 Å². The van der Waals surface area contributed by atoms with Crippen molar-refractivity contribution in [3.63, 3.8) is 0 Å². The molecule has 1 aliphatic heterocycles. The van der Waals surface area contributed by atoms with Crippen LogP contribution in [0.3, 0.4) is 0 Å². The number of hydrogen-bond acceptors (Lipinski definition) is 3. The number of likely N-dealkylation sites (tertiary alicyclic amines) is 1. The molecule has 0 bridgehead atoms. The summed E-state index contributed by atoms with van der Waals surface area (Å²) < 4.78 is 0. The van der Waals surface area contributed by atoms with E-state index in [0.29, 0.717) is 10.8 Å². The molecule has 2 heterocycles. The van der Waals surface area contributed by atoms with Crippen LogP contribution in [0, 0.1) is 0 Å². The summed E-state index contributed by atoms with van der Waals surface area (Å²) >= 11 is 9.06. The van der Waals surface area contributed by atoms with Gasteiger partial charge in [0, 0.05) is 17.6 Å². The number of aromatic amines is 1. The number of rotatable bonds is 1. The number of aromatic hydroxyl groups is 1. The van der Waals surface area contributed by atoms with Gasteiger partial charge in [-0.25, -0.2) is 0 Å². The van der Waals surface area contributed by atoms with Gasteiger partial charge in [0.25, 0.3) is 0 Å². The molecule has 127 valence electrons. The third-order valence-electron chi connectivity index (χ3n) is 3.82. The van der Waals surface area contributed by atoms with Crippen molar-refractivity contribution < 1.29 is 25.3 Å². The predicted molar refractivity (Wildman–Crippen MR) is 91.5 cm³/mol. The van der Waals surface area contributed by atoms with E-state index in [9.17, 15) is 5.11 Å². The number of nitrogens with one attached hydrogen (secondary N) is 2. The Morgan fingerprint density at radius 2 is 1.87 bits per heavy atom. The van der Waals surface area contributed by atoms with Crippen LogP contribution in [0.15, 0.2) is 29.4 Å². The second kappa shape index (κ2) is 9.23. The molecule has 8 heteroatoms. The van der Waals surface area contributed by atoms with Gasteiger partial charge >= 0.3 is 30.3 Å². The average Bonchev–Trinajstić information content (AvgIpc) is 2.76. The Balaban J connectivity index is 0.000000924. The topological polar surface area (TPSA) is 65.6 Å². The Bertz CT molecular complexity index is 683. The third-order valence-corrected chi connectivity index (χ3v) is 4.17. The summed E-state index contributed by atoms with van der Waals surface area (Å²) in [6.45, 7) is 1.95. The first-order valence-electron chi connectivity index (χ1n) is 7.42. The SMILES string of the molecule is Oc1[nH]c2ccccc2c1N=[NH+]C(=S)N1CCCCCC1.[Cl][Cu+]. The van der Waals surface area contributed by atoms with Crippen molar-refractivity contribution >= 4 is 44.0 Å². The third kappa shape index (κ3) is 4.67. The van der Waals surface area contributed by atoms with Gasteiger partial charge in [0.1, 0.15) is 0 Å². The Kier molecular flexibility index (Phi) is 7.30. The molecule has 0 amide bonds. The van der Waals surface area contributed by atoms with Gasteiger partial charge in [-0.05, 0) is 31.7 Å². The molecule has 0 unspecified atom stereocenters. The van der Waals surface area contributed by atoms with Crippen LogP contribution < -0.4 is 5.11 Å². The molecule has 1 fully saturated rings. The Morgan fingerprint density at radius 3 is 2.57 bits per heavy atom. The first kappa shape index (κ1) is 18.2. The predicted octanol–water partition coefficient (Wildman–Crippen LogP) is 2.89. The number of thiocarbonyl (C=S) groups is 1. The van der Waals surface area contributed by atoms with Gasteiger partial charge in [0.05, 0.1) is 18.6 Å². The minimum absolute atomic E-state index is 0.0577. The van der Waals surface area contributed by atoms with Gasteiger partial charge in [0.2, 0.25) is 5.88 Å². The molecule has 0 atom stereocenters. The van der Waals surface area contributed by atoms with Crippen molar-refractivity contribution in [2.45, 2.75) is 25.7 Å². The quantitative estimate of drug-likeness (QED) is 0.391. The summed E-state index contributed by atoms with van der Waals surface area (Å²) in [5.74, 6) is 0.0577. The maximum atomic E-state index is 9.96. The van der Waals surface area contributed by atoms with Crippen LogP contribution in [0.4, 0.5) is 5.69 Å². The van der Waals surface area contributed by atoms with Crippen LogP contribution in [0.25, 0.3) is 10.9 Å². The van der Waals surface area contributed by atoms with E-state index in [-0.39, 0.29) is 5.88 Å². The van der Waals surface area contributed by atoms with E-state index >= 15 is 0 Å². The van der Waals surface area contributed by atoms with E-state index in [1.807, 2.05) is 24.3 Å². The van der Waals surface area contributed by atoms with Crippen molar-refractivity contribution in [3.05, 3.63) is 24.3 Å². The summed E-state index contributed by atoms with van der Waals surface area (Å²) in [4.78, 5) is 5.06. The van der Waals surface area contributed by atoms with E-state index in [1.165, 1.54) is 25.7 Å². The molecule has 2 aromatic rings. The number of halogens is 1. The maximum absolute atomic E-state index is 9.96. The van der Waals surface area contributed by atoms with Gasteiger partial charge in [0.15, 0.2) is 5.69 Å². The van der Waals surface area contributed by atoms with Gasteiger partial charge in [-0.2, -0.15) is 0 Å². The first-order chi connectivity index (χ1) is 11.3. The van der Waals surface area contributed by atoms with Crippen molar-refractivity contribution in [2.75, 3.05) is 13.1 Å². The Labute approximate surface area is 153 Å². The van der Waals surface area contributed by atoms with Crippen molar-refractivity contribution in [2.24, 2.45) is 5.11 Å². The van der Waals surface area contributed by atoms with E-state index in [2.05, 4.69) is 45.3 Å². The molecule has 1 saturated heterocycles. The fourth-order valence-corrected chi connectivity index (χ4v) is 2.90. The van der Waals surface area contributed by atoms with E-state index < -0.39 is 0 Å². The summed E-state index contributed by atoms with van der Waals surface area (Å²) in [5, 5.41) is 18.7. The van der Waals surface area contributed by atoms with Crippen LogP contribution in [0.2, 0.25) is 0 Å². The van der Waals surface area contributed by atoms with Crippen LogP contribution >= 0.6 is 22.3 Å². The fourth-order valence-electron chi connectivity index (χ4n) is 2.67. The molecule has 5 nitrogen and oxygen atoms in total. The number of para-hydroxylation sites is 1. The molecular formula is C15H19ClCuN4OS+2. The van der Waals surface area contributed by atoms with E-state index in [1.54, 1.807) is 0 Å². The molecule has 0 aliphatic carbocycles. The summed E-state index contributed by atoms with van der Waals surface area (Å²) in [5.41, 5.74) is 1.36. The molecule has 23 heavy (non-hydrogen) atoms.